The lowest BCUT2D eigenvalue weighted by molar-refractivity contribution is -0.0238. The first-order chi connectivity index (χ1) is 9.16. The van der Waals surface area contributed by atoms with Crippen molar-refractivity contribution in [3.8, 4) is 0 Å². The van der Waals surface area contributed by atoms with Crippen molar-refractivity contribution in [2.45, 2.75) is 38.8 Å². The maximum absolute atomic E-state index is 5.47. The van der Waals surface area contributed by atoms with Gasteiger partial charge in [-0.3, -0.25) is 4.90 Å². The molecule has 1 aromatic rings. The number of hydrogen-bond acceptors (Lipinski definition) is 4. The number of rotatable bonds is 6. The minimum Gasteiger partial charge on any atom is -0.472 e. The highest BCUT2D eigenvalue weighted by molar-refractivity contribution is 5.17. The summed E-state index contributed by atoms with van der Waals surface area (Å²) in [6.07, 6.45) is 4.74. The van der Waals surface area contributed by atoms with Crippen molar-refractivity contribution in [2.75, 3.05) is 32.8 Å². The van der Waals surface area contributed by atoms with Gasteiger partial charge in [0.05, 0.1) is 31.8 Å². The Labute approximate surface area is 116 Å². The zero-order valence-electron chi connectivity index (χ0n) is 12.3. The van der Waals surface area contributed by atoms with E-state index in [1.807, 2.05) is 6.26 Å². The second-order valence-electron chi connectivity index (χ2n) is 5.70. The highest BCUT2D eigenvalue weighted by atomic mass is 16.5. The molecule has 0 amide bonds. The van der Waals surface area contributed by atoms with Crippen LogP contribution in [0.2, 0.25) is 0 Å². The van der Waals surface area contributed by atoms with Crippen LogP contribution in [0.4, 0.5) is 0 Å². The second-order valence-corrected chi connectivity index (χ2v) is 5.70. The summed E-state index contributed by atoms with van der Waals surface area (Å²) in [5, 5.41) is 3.67. The van der Waals surface area contributed by atoms with Crippen molar-refractivity contribution < 1.29 is 9.15 Å². The van der Waals surface area contributed by atoms with Crippen LogP contribution in [-0.4, -0.2) is 43.3 Å². The molecule has 1 aliphatic heterocycles. The van der Waals surface area contributed by atoms with E-state index in [1.54, 1.807) is 6.26 Å². The molecular weight excluding hydrogens is 240 g/mol. The molecule has 1 atom stereocenters. The van der Waals surface area contributed by atoms with Gasteiger partial charge in [-0.2, -0.15) is 0 Å². The summed E-state index contributed by atoms with van der Waals surface area (Å²) in [6, 6.07) is 2.35. The largest absolute Gasteiger partial charge is 0.472 e. The predicted molar refractivity (Wildman–Crippen MR) is 76.2 cm³/mol. The molecule has 1 N–H and O–H groups in total. The first-order valence-electron chi connectivity index (χ1n) is 7.24. The monoisotopic (exact) mass is 266 g/mol. The van der Waals surface area contributed by atoms with Crippen molar-refractivity contribution in [2.24, 2.45) is 0 Å². The average molecular weight is 266 g/mol. The molecule has 2 rings (SSSR count). The fraction of sp³-hybridized carbons (Fsp3) is 0.733. The Balaban J connectivity index is 2.15. The van der Waals surface area contributed by atoms with E-state index < -0.39 is 0 Å². The van der Waals surface area contributed by atoms with Gasteiger partial charge in [0.25, 0.3) is 0 Å². The lowest BCUT2D eigenvalue weighted by Crippen LogP contribution is -2.56. The number of furan rings is 1. The number of ether oxygens (including phenoxy) is 1. The molecule has 4 heteroatoms. The van der Waals surface area contributed by atoms with Crippen molar-refractivity contribution in [3.63, 3.8) is 0 Å². The summed E-state index contributed by atoms with van der Waals surface area (Å²) >= 11 is 0. The van der Waals surface area contributed by atoms with Gasteiger partial charge in [-0.15, -0.1) is 0 Å². The molecule has 108 valence electrons. The Hall–Kier alpha value is -0.840. The van der Waals surface area contributed by atoms with Gasteiger partial charge in [0, 0.05) is 24.2 Å². The fourth-order valence-corrected chi connectivity index (χ4v) is 2.83. The minimum absolute atomic E-state index is 0.0445. The minimum atomic E-state index is 0.0445. The quantitative estimate of drug-likeness (QED) is 0.858. The molecule has 0 bridgehead atoms. The Morgan fingerprint density at radius 1 is 1.37 bits per heavy atom. The summed E-state index contributed by atoms with van der Waals surface area (Å²) in [5.41, 5.74) is 1.27. The summed E-state index contributed by atoms with van der Waals surface area (Å²) in [6.45, 7) is 11.5. The van der Waals surface area contributed by atoms with E-state index in [-0.39, 0.29) is 11.6 Å². The molecular formula is C15H26N2O2. The Morgan fingerprint density at radius 2 is 2.11 bits per heavy atom. The number of hydrogen-bond donors (Lipinski definition) is 1. The summed E-state index contributed by atoms with van der Waals surface area (Å²) in [7, 11) is 0. The van der Waals surface area contributed by atoms with Gasteiger partial charge in [0.2, 0.25) is 0 Å². The molecule has 1 aliphatic rings. The molecule has 1 saturated heterocycles. The molecule has 1 unspecified atom stereocenters. The molecule has 0 aromatic carbocycles. The average Bonchev–Trinajstić information content (AvgIpc) is 2.94. The van der Waals surface area contributed by atoms with Gasteiger partial charge in [-0.05, 0) is 32.9 Å². The van der Waals surface area contributed by atoms with E-state index in [4.69, 9.17) is 9.15 Å². The summed E-state index contributed by atoms with van der Waals surface area (Å²) in [4.78, 5) is 2.51. The van der Waals surface area contributed by atoms with Crippen LogP contribution in [0.15, 0.2) is 23.0 Å². The first kappa shape index (κ1) is 14.6. The molecule has 0 radical (unpaired) electrons. The standard InChI is InChI=1S/C15H26N2O2/c1-4-6-16-14(13-5-9-19-12-13)15(2,3)17-7-10-18-11-8-17/h5,9,12,14,16H,4,6-8,10-11H2,1-3H3. The Morgan fingerprint density at radius 3 is 2.68 bits per heavy atom. The second kappa shape index (κ2) is 6.55. The highest BCUT2D eigenvalue weighted by Gasteiger charge is 2.37. The zero-order valence-corrected chi connectivity index (χ0v) is 12.3. The van der Waals surface area contributed by atoms with Crippen LogP contribution in [0.1, 0.15) is 38.8 Å². The van der Waals surface area contributed by atoms with E-state index in [0.29, 0.717) is 0 Å². The van der Waals surface area contributed by atoms with E-state index in [1.165, 1.54) is 5.56 Å². The summed E-state index contributed by atoms with van der Waals surface area (Å²) < 4.78 is 10.7. The van der Waals surface area contributed by atoms with E-state index >= 15 is 0 Å². The number of nitrogens with zero attached hydrogens (tertiary/aromatic N) is 1. The van der Waals surface area contributed by atoms with E-state index in [9.17, 15) is 0 Å². The SMILES string of the molecule is CCCNC(c1ccoc1)C(C)(C)N1CCOCC1. The third-order valence-electron chi connectivity index (χ3n) is 4.01. The van der Waals surface area contributed by atoms with E-state index in [2.05, 4.69) is 37.1 Å². The van der Waals surface area contributed by atoms with Crippen molar-refractivity contribution in [1.82, 2.24) is 10.2 Å². The van der Waals surface area contributed by atoms with Gasteiger partial charge < -0.3 is 14.5 Å². The van der Waals surface area contributed by atoms with Crippen LogP contribution in [0, 0.1) is 0 Å². The highest BCUT2D eigenvalue weighted by Crippen LogP contribution is 2.32. The van der Waals surface area contributed by atoms with Gasteiger partial charge >= 0.3 is 0 Å². The smallest absolute Gasteiger partial charge is 0.0951 e. The predicted octanol–water partition coefficient (Wildman–Crippen LogP) is 2.43. The molecule has 1 aromatic heterocycles. The molecule has 1 fully saturated rings. The molecule has 19 heavy (non-hydrogen) atoms. The number of morpholine rings is 1. The van der Waals surface area contributed by atoms with Crippen LogP contribution >= 0.6 is 0 Å². The maximum atomic E-state index is 5.47. The van der Waals surface area contributed by atoms with Gasteiger partial charge in [0.15, 0.2) is 0 Å². The van der Waals surface area contributed by atoms with E-state index in [0.717, 1.165) is 39.3 Å². The van der Waals surface area contributed by atoms with Crippen LogP contribution in [0.3, 0.4) is 0 Å². The third-order valence-corrected chi connectivity index (χ3v) is 4.01. The van der Waals surface area contributed by atoms with Crippen molar-refractivity contribution in [1.29, 1.82) is 0 Å². The van der Waals surface area contributed by atoms with Crippen LogP contribution in [-0.2, 0) is 4.74 Å². The Kier molecular flexibility index (Phi) is 5.02. The van der Waals surface area contributed by atoms with Crippen LogP contribution in [0.5, 0.6) is 0 Å². The van der Waals surface area contributed by atoms with Gasteiger partial charge in [-0.1, -0.05) is 6.92 Å². The van der Waals surface area contributed by atoms with Crippen molar-refractivity contribution >= 4 is 0 Å². The summed E-state index contributed by atoms with van der Waals surface area (Å²) in [5.74, 6) is 0. The maximum Gasteiger partial charge on any atom is 0.0951 e. The van der Waals surface area contributed by atoms with Crippen LogP contribution in [0.25, 0.3) is 0 Å². The molecule has 4 nitrogen and oxygen atoms in total. The number of nitrogens with one attached hydrogen (secondary N) is 1. The van der Waals surface area contributed by atoms with Gasteiger partial charge in [0.1, 0.15) is 0 Å². The van der Waals surface area contributed by atoms with Crippen molar-refractivity contribution in [3.05, 3.63) is 24.2 Å². The molecule has 0 aliphatic carbocycles. The molecule has 0 saturated carbocycles. The fourth-order valence-electron chi connectivity index (χ4n) is 2.83. The Bertz CT molecular complexity index is 356. The third kappa shape index (κ3) is 3.38. The van der Waals surface area contributed by atoms with Gasteiger partial charge in [-0.25, -0.2) is 0 Å². The topological polar surface area (TPSA) is 37.6 Å². The molecule has 0 spiro atoms. The normalized spacial score (nSPS) is 19.5. The molecule has 2 heterocycles. The van der Waals surface area contributed by atoms with Crippen LogP contribution < -0.4 is 5.32 Å². The lowest BCUT2D eigenvalue weighted by atomic mass is 9.87. The zero-order chi connectivity index (χ0) is 13.7. The first-order valence-corrected chi connectivity index (χ1v) is 7.24. The lowest BCUT2D eigenvalue weighted by Gasteiger charge is -2.46.